The van der Waals surface area contributed by atoms with Gasteiger partial charge in [-0.25, -0.2) is 4.98 Å². The molecular weight excluding hydrogens is 442 g/mol. The third-order valence-corrected chi connectivity index (χ3v) is 5.32. The highest BCUT2D eigenvalue weighted by Gasteiger charge is 2.12. The van der Waals surface area contributed by atoms with Crippen LogP contribution in [0.2, 0.25) is 5.02 Å². The second-order valence-electron chi connectivity index (χ2n) is 5.90. The van der Waals surface area contributed by atoms with Crippen LogP contribution in [0.5, 0.6) is 11.6 Å². The van der Waals surface area contributed by atoms with Crippen molar-refractivity contribution in [3.05, 3.63) is 68.3 Å². The predicted molar refractivity (Wildman–Crippen MR) is 110 cm³/mol. The summed E-state index contributed by atoms with van der Waals surface area (Å²) in [4.78, 5) is 8.53. The SMILES string of the molecule is Cc1cc(C#N)cc(C)c1Oc1ccnc(Nc2ccc(C#N)c(Br)c2Cl)n1. The van der Waals surface area contributed by atoms with E-state index in [2.05, 4.69) is 43.4 Å². The summed E-state index contributed by atoms with van der Waals surface area (Å²) in [7, 11) is 0. The summed E-state index contributed by atoms with van der Waals surface area (Å²) in [5, 5.41) is 21.5. The van der Waals surface area contributed by atoms with Gasteiger partial charge in [0.05, 0.1) is 32.4 Å². The van der Waals surface area contributed by atoms with Gasteiger partial charge in [0.25, 0.3) is 0 Å². The summed E-state index contributed by atoms with van der Waals surface area (Å²) in [5.41, 5.74) is 3.23. The summed E-state index contributed by atoms with van der Waals surface area (Å²) < 4.78 is 6.42. The van der Waals surface area contributed by atoms with Gasteiger partial charge in [-0.05, 0) is 65.2 Å². The number of hydrogen-bond donors (Lipinski definition) is 1. The molecule has 1 N–H and O–H groups in total. The standard InChI is InChI=1S/C20H13BrClN5O/c1-11-7-13(9-23)8-12(2)19(11)28-16-5-6-25-20(27-16)26-15-4-3-14(10-24)17(21)18(15)22/h3-8H,1-2H3,(H,25,26,27). The zero-order chi connectivity index (χ0) is 20.3. The minimum absolute atomic E-state index is 0.292. The van der Waals surface area contributed by atoms with Gasteiger partial charge in [-0.2, -0.15) is 15.5 Å². The van der Waals surface area contributed by atoms with Gasteiger partial charge in [0, 0.05) is 12.3 Å². The number of aryl methyl sites for hydroxylation is 2. The second kappa shape index (κ2) is 8.26. The number of ether oxygens (including phenoxy) is 1. The maximum absolute atomic E-state index is 9.07. The molecule has 0 atom stereocenters. The number of halogens is 2. The lowest BCUT2D eigenvalue weighted by atomic mass is 10.1. The molecule has 0 aliphatic carbocycles. The van der Waals surface area contributed by atoms with Crippen LogP contribution in [0.15, 0.2) is 41.0 Å². The van der Waals surface area contributed by atoms with Crippen LogP contribution in [-0.2, 0) is 0 Å². The number of aromatic nitrogens is 2. The van der Waals surface area contributed by atoms with Crippen molar-refractivity contribution in [1.29, 1.82) is 10.5 Å². The minimum Gasteiger partial charge on any atom is -0.438 e. The van der Waals surface area contributed by atoms with E-state index in [0.29, 0.717) is 43.9 Å². The number of hydrogen-bond acceptors (Lipinski definition) is 6. The molecule has 0 saturated heterocycles. The molecule has 0 unspecified atom stereocenters. The Morgan fingerprint density at radius 1 is 1.11 bits per heavy atom. The molecule has 3 aromatic rings. The van der Waals surface area contributed by atoms with E-state index in [4.69, 9.17) is 26.9 Å². The quantitative estimate of drug-likeness (QED) is 0.536. The molecule has 28 heavy (non-hydrogen) atoms. The van der Waals surface area contributed by atoms with E-state index in [1.807, 2.05) is 13.8 Å². The largest absolute Gasteiger partial charge is 0.438 e. The van der Waals surface area contributed by atoms with Gasteiger partial charge >= 0.3 is 0 Å². The van der Waals surface area contributed by atoms with E-state index >= 15 is 0 Å². The van der Waals surface area contributed by atoms with Gasteiger partial charge in [-0.3, -0.25) is 0 Å². The van der Waals surface area contributed by atoms with E-state index in [1.54, 1.807) is 36.5 Å². The van der Waals surface area contributed by atoms with Gasteiger partial charge in [-0.1, -0.05) is 11.6 Å². The maximum Gasteiger partial charge on any atom is 0.230 e. The Morgan fingerprint density at radius 3 is 2.46 bits per heavy atom. The first-order chi connectivity index (χ1) is 13.4. The van der Waals surface area contributed by atoms with Crippen molar-refractivity contribution in [2.24, 2.45) is 0 Å². The highest BCUT2D eigenvalue weighted by molar-refractivity contribution is 9.10. The summed E-state index contributed by atoms with van der Waals surface area (Å²) in [6.07, 6.45) is 1.56. The first-order valence-electron chi connectivity index (χ1n) is 8.10. The van der Waals surface area contributed by atoms with E-state index in [-0.39, 0.29) is 0 Å². The number of rotatable bonds is 4. The van der Waals surface area contributed by atoms with Crippen molar-refractivity contribution in [2.75, 3.05) is 5.32 Å². The molecule has 0 fully saturated rings. The Labute approximate surface area is 175 Å². The van der Waals surface area contributed by atoms with Crippen molar-refractivity contribution in [3.63, 3.8) is 0 Å². The number of nitriles is 2. The predicted octanol–water partition coefficient (Wildman–Crippen LogP) is 5.79. The number of anilines is 2. The molecule has 1 aromatic heterocycles. The summed E-state index contributed by atoms with van der Waals surface area (Å²) in [6.45, 7) is 3.75. The fourth-order valence-electron chi connectivity index (χ4n) is 2.59. The molecule has 0 aliphatic heterocycles. The average Bonchev–Trinajstić information content (AvgIpc) is 2.68. The number of nitrogens with one attached hydrogen (secondary N) is 1. The number of nitrogens with zero attached hydrogens (tertiary/aromatic N) is 4. The van der Waals surface area contributed by atoms with Crippen molar-refractivity contribution in [1.82, 2.24) is 9.97 Å². The van der Waals surface area contributed by atoms with Crippen LogP contribution < -0.4 is 10.1 Å². The van der Waals surface area contributed by atoms with Crippen LogP contribution in [0.3, 0.4) is 0 Å². The normalized spacial score (nSPS) is 10.1. The van der Waals surface area contributed by atoms with Crippen molar-refractivity contribution in [2.45, 2.75) is 13.8 Å². The Bertz CT molecular complexity index is 1130. The molecule has 0 radical (unpaired) electrons. The topological polar surface area (TPSA) is 94.6 Å². The van der Waals surface area contributed by atoms with Crippen LogP contribution in [0.1, 0.15) is 22.3 Å². The minimum atomic E-state index is 0.292. The molecule has 138 valence electrons. The average molecular weight is 455 g/mol. The van der Waals surface area contributed by atoms with Gasteiger partial charge < -0.3 is 10.1 Å². The maximum atomic E-state index is 9.07. The molecule has 6 nitrogen and oxygen atoms in total. The molecule has 0 aliphatic rings. The monoisotopic (exact) mass is 453 g/mol. The molecule has 0 amide bonds. The number of benzene rings is 2. The molecule has 0 bridgehead atoms. The van der Waals surface area contributed by atoms with Crippen LogP contribution >= 0.6 is 27.5 Å². The third kappa shape index (κ3) is 4.07. The van der Waals surface area contributed by atoms with Crippen molar-refractivity contribution < 1.29 is 4.74 Å². The lowest BCUT2D eigenvalue weighted by molar-refractivity contribution is 0.455. The highest BCUT2D eigenvalue weighted by atomic mass is 79.9. The smallest absolute Gasteiger partial charge is 0.230 e. The van der Waals surface area contributed by atoms with E-state index in [1.165, 1.54) is 0 Å². The third-order valence-electron chi connectivity index (χ3n) is 3.88. The fraction of sp³-hybridized carbons (Fsp3) is 0.100. The van der Waals surface area contributed by atoms with Crippen LogP contribution in [0.4, 0.5) is 11.6 Å². The van der Waals surface area contributed by atoms with Gasteiger partial charge in [0.15, 0.2) is 0 Å². The summed E-state index contributed by atoms with van der Waals surface area (Å²) in [6, 6.07) is 12.7. The fourth-order valence-corrected chi connectivity index (χ4v) is 3.24. The van der Waals surface area contributed by atoms with Crippen molar-refractivity contribution in [3.8, 4) is 23.8 Å². The van der Waals surface area contributed by atoms with E-state index < -0.39 is 0 Å². The molecule has 8 heteroatoms. The molecule has 0 spiro atoms. The second-order valence-corrected chi connectivity index (χ2v) is 7.07. The van der Waals surface area contributed by atoms with E-state index in [0.717, 1.165) is 11.1 Å². The highest BCUT2D eigenvalue weighted by Crippen LogP contribution is 2.34. The summed E-state index contributed by atoms with van der Waals surface area (Å²) >= 11 is 9.60. The Hall–Kier alpha value is -3.13. The molecule has 0 saturated carbocycles. The van der Waals surface area contributed by atoms with Crippen LogP contribution in [-0.4, -0.2) is 9.97 Å². The molecular formula is C20H13BrClN5O. The Morgan fingerprint density at radius 2 is 1.82 bits per heavy atom. The van der Waals surface area contributed by atoms with Gasteiger partial charge in [0.2, 0.25) is 11.8 Å². The molecule has 3 rings (SSSR count). The first kappa shape index (κ1) is 19.6. The van der Waals surface area contributed by atoms with Crippen molar-refractivity contribution >= 4 is 39.2 Å². The first-order valence-corrected chi connectivity index (χ1v) is 9.27. The molecule has 2 aromatic carbocycles. The lowest BCUT2D eigenvalue weighted by Gasteiger charge is -2.13. The summed E-state index contributed by atoms with van der Waals surface area (Å²) in [5.74, 6) is 1.28. The van der Waals surface area contributed by atoms with E-state index in [9.17, 15) is 0 Å². The Kier molecular flexibility index (Phi) is 5.79. The molecule has 1 heterocycles. The lowest BCUT2D eigenvalue weighted by Crippen LogP contribution is -2.00. The Balaban J connectivity index is 1.88. The van der Waals surface area contributed by atoms with Gasteiger partial charge in [-0.15, -0.1) is 0 Å². The zero-order valence-corrected chi connectivity index (χ0v) is 17.3. The zero-order valence-electron chi connectivity index (χ0n) is 14.9. The van der Waals surface area contributed by atoms with Gasteiger partial charge in [0.1, 0.15) is 11.8 Å². The van der Waals surface area contributed by atoms with Crippen LogP contribution in [0, 0.1) is 36.5 Å². The van der Waals surface area contributed by atoms with Crippen LogP contribution in [0.25, 0.3) is 0 Å².